The van der Waals surface area contributed by atoms with Crippen LogP contribution in [0.1, 0.15) is 31.8 Å². The Morgan fingerprint density at radius 3 is 1.51 bits per heavy atom. The Morgan fingerprint density at radius 2 is 1.12 bits per heavy atom. The van der Waals surface area contributed by atoms with E-state index in [1.165, 1.54) is 0 Å². The first-order valence-corrected chi connectivity index (χ1v) is 16.8. The molecule has 15 heteroatoms. The van der Waals surface area contributed by atoms with Gasteiger partial charge in [0.2, 0.25) is 11.8 Å². The van der Waals surface area contributed by atoms with Gasteiger partial charge in [0.1, 0.15) is 0 Å². The molecule has 10 nitrogen and oxygen atoms in total. The van der Waals surface area contributed by atoms with Gasteiger partial charge in [0.15, 0.2) is 0 Å². The molecule has 0 spiro atoms. The van der Waals surface area contributed by atoms with Crippen molar-refractivity contribution in [3.05, 3.63) is 129 Å². The van der Waals surface area contributed by atoms with Gasteiger partial charge in [-0.05, 0) is 83.9 Å². The van der Waals surface area contributed by atoms with E-state index in [4.69, 9.17) is 34.8 Å². The lowest BCUT2D eigenvalue weighted by Gasteiger charge is -2.26. The first-order valence-electron chi connectivity index (χ1n) is 15.5. The van der Waals surface area contributed by atoms with Crippen molar-refractivity contribution in [1.29, 1.82) is 0 Å². The zero-order valence-corrected chi connectivity index (χ0v) is 30.7. The number of carbonyl (C=O) groups is 4. The van der Waals surface area contributed by atoms with Crippen molar-refractivity contribution in [3.8, 4) is 0 Å². The maximum absolute atomic E-state index is 12.2. The summed E-state index contributed by atoms with van der Waals surface area (Å²) in [4.78, 5) is 47.8. The van der Waals surface area contributed by atoms with Crippen LogP contribution in [0.3, 0.4) is 0 Å². The molecule has 51 heavy (non-hydrogen) atoms. The first-order chi connectivity index (χ1) is 23.7. The van der Waals surface area contributed by atoms with Crippen LogP contribution in [0.15, 0.2) is 97.1 Å². The summed E-state index contributed by atoms with van der Waals surface area (Å²) in [5.74, 6) is 0.294. The van der Waals surface area contributed by atoms with E-state index in [0.29, 0.717) is 46.7 Å². The molecule has 4 aromatic rings. The van der Waals surface area contributed by atoms with E-state index in [-0.39, 0.29) is 44.4 Å². The Balaban J connectivity index is 0.000000294. The summed E-state index contributed by atoms with van der Waals surface area (Å²) >= 11 is 17.3. The molecule has 0 bridgehead atoms. The quantitative estimate of drug-likeness (QED) is 0.123. The van der Waals surface area contributed by atoms with Crippen molar-refractivity contribution in [2.75, 3.05) is 49.9 Å². The van der Waals surface area contributed by atoms with Crippen LogP contribution < -0.4 is 26.6 Å². The van der Waals surface area contributed by atoms with E-state index >= 15 is 0 Å². The van der Waals surface area contributed by atoms with Crippen molar-refractivity contribution in [2.24, 2.45) is 0 Å². The molecule has 0 unspecified atom stereocenters. The fourth-order valence-electron chi connectivity index (χ4n) is 4.62. The average Bonchev–Trinajstić information content (AvgIpc) is 3.11. The molecule has 4 aromatic carbocycles. The van der Waals surface area contributed by atoms with Gasteiger partial charge in [0.25, 0.3) is 11.8 Å². The lowest BCUT2D eigenvalue weighted by molar-refractivity contribution is -0.124. The van der Waals surface area contributed by atoms with Gasteiger partial charge in [-0.3, -0.25) is 24.1 Å². The smallest absolute Gasteiger partial charge is 0.255 e. The molecule has 2 fully saturated rings. The van der Waals surface area contributed by atoms with Crippen LogP contribution in [0.25, 0.3) is 0 Å². The van der Waals surface area contributed by atoms with Gasteiger partial charge in [-0.15, -0.1) is 24.0 Å². The summed E-state index contributed by atoms with van der Waals surface area (Å²) in [6.07, 6.45) is 0. The lowest BCUT2D eigenvalue weighted by atomic mass is 10.1. The highest BCUT2D eigenvalue weighted by Crippen LogP contribution is 2.16. The summed E-state index contributed by atoms with van der Waals surface area (Å²) < 4.78 is 0. The van der Waals surface area contributed by atoms with E-state index in [1.54, 1.807) is 48.5 Å². The fourth-order valence-corrected chi connectivity index (χ4v) is 5.05. The fraction of sp³-hybridized carbons (Fsp3) is 0.222. The number of halogens is 4. The van der Waals surface area contributed by atoms with Crippen LogP contribution in [-0.4, -0.2) is 76.2 Å². The summed E-state index contributed by atoms with van der Waals surface area (Å²) in [6, 6.07) is 28.6. The van der Waals surface area contributed by atoms with E-state index in [1.807, 2.05) is 48.5 Å². The van der Waals surface area contributed by atoms with Gasteiger partial charge in [-0.2, -0.15) is 0 Å². The van der Waals surface area contributed by atoms with Crippen molar-refractivity contribution in [3.63, 3.8) is 0 Å². The molecule has 5 N–H and O–H groups in total. The van der Waals surface area contributed by atoms with E-state index < -0.39 is 0 Å². The molecule has 3 radical (unpaired) electrons. The molecule has 2 heterocycles. The Bertz CT molecular complexity index is 1690. The summed E-state index contributed by atoms with van der Waals surface area (Å²) in [5, 5.41) is 15.3. The van der Waals surface area contributed by atoms with Crippen LogP contribution in [-0.2, 0) is 22.0 Å². The SMILES string of the molecule is Cl.O=C(Nc1ccc(CCl)cc1)c1ccc(Cl)cc1.O=C1CN(Cc2ccc(NC(=O)c3ccc(Cl)cc3)cc2)CCN1.O=C1CNCCN1.[B]. The highest BCUT2D eigenvalue weighted by Gasteiger charge is 2.16. The van der Waals surface area contributed by atoms with Crippen molar-refractivity contribution in [2.45, 2.75) is 12.4 Å². The Hall–Kier alpha value is -4.10. The van der Waals surface area contributed by atoms with Crippen LogP contribution in [0.5, 0.6) is 0 Å². The standard InChI is InChI=1S/C18H18ClN3O2.C14H11Cl2NO.C4H8N2O.B.ClH/c19-15-5-3-14(4-6-15)18(24)21-16-7-1-13(2-8-16)11-22-10-9-20-17(23)12-22;15-9-10-1-7-13(8-2-10)17-14(18)11-3-5-12(16)6-4-11;7-4-3-5-1-2-6-4;;/h1-8H,9-12H2,(H,20,23)(H,21,24);1-8H,9H2,(H,17,18);5H,1-3H2,(H,6,7);;1H. The van der Waals surface area contributed by atoms with E-state index in [2.05, 4.69) is 31.5 Å². The van der Waals surface area contributed by atoms with Gasteiger partial charge in [-0.25, -0.2) is 0 Å². The molecule has 2 saturated heterocycles. The normalized spacial score (nSPS) is 13.5. The number of hydrogen-bond acceptors (Lipinski definition) is 6. The molecular weight excluding hydrogens is 733 g/mol. The maximum Gasteiger partial charge on any atom is 0.255 e. The van der Waals surface area contributed by atoms with Crippen molar-refractivity contribution < 1.29 is 19.2 Å². The molecule has 6 rings (SSSR count). The molecule has 0 aromatic heterocycles. The second kappa shape index (κ2) is 22.7. The molecule has 267 valence electrons. The number of rotatable bonds is 7. The van der Waals surface area contributed by atoms with Gasteiger partial charge in [0, 0.05) is 79.6 Å². The maximum atomic E-state index is 12.2. The largest absolute Gasteiger partial charge is 0.354 e. The summed E-state index contributed by atoms with van der Waals surface area (Å²) in [7, 11) is 0. The molecule has 0 aliphatic carbocycles. The van der Waals surface area contributed by atoms with E-state index in [0.717, 1.165) is 48.7 Å². The summed E-state index contributed by atoms with van der Waals surface area (Å²) in [6.45, 7) is 4.85. The zero-order valence-electron chi connectivity index (χ0n) is 27.6. The van der Waals surface area contributed by atoms with Gasteiger partial charge >= 0.3 is 0 Å². The van der Waals surface area contributed by atoms with Crippen LogP contribution in [0, 0.1) is 0 Å². The van der Waals surface area contributed by atoms with E-state index in [9.17, 15) is 19.2 Å². The number of nitrogens with one attached hydrogen (secondary N) is 5. The number of piperazine rings is 2. The second-order valence-electron chi connectivity index (χ2n) is 11.0. The third-order valence-corrected chi connectivity index (χ3v) is 8.04. The van der Waals surface area contributed by atoms with Crippen LogP contribution >= 0.6 is 47.2 Å². The number of carbonyl (C=O) groups excluding carboxylic acids is 4. The number of anilines is 2. The van der Waals surface area contributed by atoms with Crippen molar-refractivity contribution in [1.82, 2.24) is 20.9 Å². The monoisotopic (exact) mass is 769 g/mol. The number of hydrogen-bond donors (Lipinski definition) is 5. The van der Waals surface area contributed by atoms with Crippen LogP contribution in [0.2, 0.25) is 10.0 Å². The highest BCUT2D eigenvalue weighted by atomic mass is 35.5. The Kier molecular flexibility index (Phi) is 19.1. The second-order valence-corrected chi connectivity index (χ2v) is 12.2. The molecule has 2 aliphatic heterocycles. The molecule has 0 atom stereocenters. The minimum absolute atomic E-state index is 0. The minimum atomic E-state index is -0.174. The van der Waals surface area contributed by atoms with Gasteiger partial charge < -0.3 is 26.6 Å². The Labute approximate surface area is 321 Å². The third-order valence-electron chi connectivity index (χ3n) is 7.22. The predicted molar refractivity (Wildman–Crippen MR) is 208 cm³/mol. The summed E-state index contributed by atoms with van der Waals surface area (Å²) in [5.41, 5.74) is 4.72. The number of alkyl halides is 1. The van der Waals surface area contributed by atoms with Crippen LogP contribution in [0.4, 0.5) is 11.4 Å². The average molecular weight is 771 g/mol. The topological polar surface area (TPSA) is 132 Å². The first kappa shape index (κ1) is 43.1. The minimum Gasteiger partial charge on any atom is -0.354 e. The third kappa shape index (κ3) is 15.4. The number of benzene rings is 4. The molecular formula is C36H38BCl4N6O4. The molecule has 0 saturated carbocycles. The van der Waals surface area contributed by atoms with Gasteiger partial charge in [0.05, 0.1) is 13.1 Å². The lowest BCUT2D eigenvalue weighted by Crippen LogP contribution is -2.47. The molecule has 2 aliphatic rings. The number of amides is 4. The zero-order chi connectivity index (χ0) is 35.0. The van der Waals surface area contributed by atoms with Gasteiger partial charge in [-0.1, -0.05) is 47.5 Å². The number of nitrogens with zero attached hydrogens (tertiary/aromatic N) is 1. The van der Waals surface area contributed by atoms with Crippen molar-refractivity contribution >= 4 is 90.6 Å². The Morgan fingerprint density at radius 1 is 0.647 bits per heavy atom. The highest BCUT2D eigenvalue weighted by molar-refractivity contribution is 6.31. The molecule has 4 amide bonds. The predicted octanol–water partition coefficient (Wildman–Crippen LogP) is 5.60.